The lowest BCUT2D eigenvalue weighted by molar-refractivity contribution is -0.141. The van der Waals surface area contributed by atoms with E-state index < -0.39 is 24.1 Å². The molecule has 0 aliphatic heterocycles. The van der Waals surface area contributed by atoms with Crippen LogP contribution in [0.5, 0.6) is 0 Å². The molecule has 0 heterocycles. The van der Waals surface area contributed by atoms with E-state index in [0.717, 1.165) is 4.90 Å². The molecule has 0 aromatic carbocycles. The Labute approximate surface area is 98.1 Å². The van der Waals surface area contributed by atoms with Gasteiger partial charge in [-0.3, -0.25) is 15.0 Å². The van der Waals surface area contributed by atoms with E-state index in [4.69, 9.17) is 32.2 Å². The summed E-state index contributed by atoms with van der Waals surface area (Å²) < 4.78 is 0. The molecule has 0 aliphatic rings. The smallest absolute Gasteiger partial charge is 0.323 e. The molecule has 0 spiro atoms. The third kappa shape index (κ3) is 10.4. The Kier molecular flexibility index (Phi) is 8.56. The van der Waals surface area contributed by atoms with Crippen LogP contribution in [0, 0.1) is 5.41 Å². The van der Waals surface area contributed by atoms with Gasteiger partial charge < -0.3 is 31.7 Å². The van der Waals surface area contributed by atoms with Gasteiger partial charge in [-0.2, -0.15) is 0 Å². The number of aliphatic hydroxyl groups is 1. The van der Waals surface area contributed by atoms with Crippen molar-refractivity contribution in [2.45, 2.75) is 19.1 Å². The monoisotopic (exact) mass is 250 g/mol. The third-order valence-corrected chi connectivity index (χ3v) is 1.59. The fourth-order valence-corrected chi connectivity index (χ4v) is 0.494. The number of rotatable bonds is 4. The highest BCUT2D eigenvalue weighted by Crippen LogP contribution is 1.85. The van der Waals surface area contributed by atoms with Crippen LogP contribution in [0.25, 0.3) is 0 Å². The summed E-state index contributed by atoms with van der Waals surface area (Å²) in [7, 11) is 1.44. The van der Waals surface area contributed by atoms with Crippen molar-refractivity contribution < 1.29 is 24.9 Å². The predicted molar refractivity (Wildman–Crippen MR) is 59.5 cm³/mol. The summed E-state index contributed by atoms with van der Waals surface area (Å²) in [5.74, 6) is -2.41. The number of nitrogens with two attached hydrogens (primary N) is 2. The molecule has 17 heavy (non-hydrogen) atoms. The standard InChI is InChI=1S/C4H9N3O2.C4H9NO3/c1-7(4(5)6)2-3(8)9;1-2(6)3(5)4(7)8/h2H2,1H3,(H3,5,6)(H,8,9);2-3,6H,5H2,1H3,(H,7,8). The fraction of sp³-hybridized carbons (Fsp3) is 0.625. The Balaban J connectivity index is 0. The van der Waals surface area contributed by atoms with Gasteiger partial charge in [-0.15, -0.1) is 0 Å². The Morgan fingerprint density at radius 3 is 1.88 bits per heavy atom. The van der Waals surface area contributed by atoms with Gasteiger partial charge in [0.15, 0.2) is 5.96 Å². The highest BCUT2D eigenvalue weighted by atomic mass is 16.4. The number of guanidine groups is 1. The van der Waals surface area contributed by atoms with E-state index in [1.165, 1.54) is 14.0 Å². The molecule has 0 bridgehead atoms. The van der Waals surface area contributed by atoms with Crippen molar-refractivity contribution in [3.63, 3.8) is 0 Å². The van der Waals surface area contributed by atoms with Crippen LogP contribution < -0.4 is 11.5 Å². The van der Waals surface area contributed by atoms with Crippen LogP contribution in [0.4, 0.5) is 0 Å². The van der Waals surface area contributed by atoms with E-state index in [1.807, 2.05) is 0 Å². The van der Waals surface area contributed by atoms with Crippen LogP contribution in [-0.2, 0) is 9.59 Å². The van der Waals surface area contributed by atoms with Gasteiger partial charge in [0, 0.05) is 7.05 Å². The number of carboxylic acids is 2. The number of nitrogens with one attached hydrogen (secondary N) is 1. The van der Waals surface area contributed by atoms with Gasteiger partial charge in [0.05, 0.1) is 6.10 Å². The van der Waals surface area contributed by atoms with Gasteiger partial charge in [0.25, 0.3) is 0 Å². The van der Waals surface area contributed by atoms with E-state index in [2.05, 4.69) is 0 Å². The second-order valence-corrected chi connectivity index (χ2v) is 3.24. The zero-order valence-electron chi connectivity index (χ0n) is 9.62. The summed E-state index contributed by atoms with van der Waals surface area (Å²) in [6, 6.07) is -1.16. The Morgan fingerprint density at radius 2 is 1.82 bits per heavy atom. The molecular weight excluding hydrogens is 232 g/mol. The predicted octanol–water partition coefficient (Wildman–Crippen LogP) is -2.32. The van der Waals surface area contributed by atoms with Gasteiger partial charge in [-0.25, -0.2) is 0 Å². The third-order valence-electron chi connectivity index (χ3n) is 1.59. The van der Waals surface area contributed by atoms with Crippen molar-refractivity contribution in [2.24, 2.45) is 11.5 Å². The summed E-state index contributed by atoms with van der Waals surface area (Å²) in [6.07, 6.45) is -0.979. The second kappa shape index (κ2) is 8.30. The summed E-state index contributed by atoms with van der Waals surface area (Å²) in [5, 5.41) is 31.4. The van der Waals surface area contributed by atoms with E-state index in [0.29, 0.717) is 0 Å². The molecule has 0 radical (unpaired) electrons. The molecule has 0 saturated heterocycles. The van der Waals surface area contributed by atoms with Crippen LogP contribution in [0.15, 0.2) is 0 Å². The van der Waals surface area contributed by atoms with Gasteiger partial charge in [0.1, 0.15) is 12.6 Å². The summed E-state index contributed by atoms with van der Waals surface area (Å²) in [6.45, 7) is 1.11. The van der Waals surface area contributed by atoms with Crippen molar-refractivity contribution in [3.8, 4) is 0 Å². The molecule has 0 rings (SSSR count). The number of carbonyl (C=O) groups is 2. The minimum Gasteiger partial charge on any atom is -0.480 e. The molecule has 9 heteroatoms. The summed E-state index contributed by atoms with van der Waals surface area (Å²) >= 11 is 0. The molecule has 2 unspecified atom stereocenters. The first-order chi connectivity index (χ1) is 7.59. The van der Waals surface area contributed by atoms with Crippen LogP contribution in [-0.4, -0.2) is 63.9 Å². The van der Waals surface area contributed by atoms with Gasteiger partial charge >= 0.3 is 11.9 Å². The largest absolute Gasteiger partial charge is 0.480 e. The van der Waals surface area contributed by atoms with Gasteiger partial charge in [-0.1, -0.05) is 0 Å². The SMILES string of the molecule is CC(O)C(N)C(=O)O.CN(CC(=O)O)C(=N)N. The number of carboxylic acid groups (broad SMARTS) is 2. The van der Waals surface area contributed by atoms with Crippen LogP contribution in [0.1, 0.15) is 6.92 Å². The maximum absolute atomic E-state index is 9.92. The minimum atomic E-state index is -1.18. The molecule has 0 saturated carbocycles. The van der Waals surface area contributed by atoms with Crippen molar-refractivity contribution in [2.75, 3.05) is 13.6 Å². The first kappa shape index (κ1) is 17.5. The Bertz CT molecular complexity index is 281. The van der Waals surface area contributed by atoms with E-state index in [1.54, 1.807) is 0 Å². The van der Waals surface area contributed by atoms with Gasteiger partial charge in [-0.05, 0) is 6.92 Å². The van der Waals surface area contributed by atoms with Crippen molar-refractivity contribution in [1.82, 2.24) is 4.90 Å². The summed E-state index contributed by atoms with van der Waals surface area (Å²) in [5.41, 5.74) is 9.84. The zero-order chi connectivity index (χ0) is 14.2. The highest BCUT2D eigenvalue weighted by Gasteiger charge is 2.16. The molecule has 0 aromatic rings. The van der Waals surface area contributed by atoms with E-state index in [9.17, 15) is 9.59 Å². The average Bonchev–Trinajstić information content (AvgIpc) is 2.15. The van der Waals surface area contributed by atoms with E-state index >= 15 is 0 Å². The molecule has 0 aromatic heterocycles. The minimum absolute atomic E-state index is 0.227. The molecule has 0 fully saturated rings. The first-order valence-corrected chi connectivity index (χ1v) is 4.53. The van der Waals surface area contributed by atoms with Crippen molar-refractivity contribution >= 4 is 17.9 Å². The number of hydrogen-bond donors (Lipinski definition) is 6. The number of likely N-dealkylation sites (N-methyl/N-ethyl adjacent to an activating group) is 1. The molecule has 9 nitrogen and oxygen atoms in total. The maximum atomic E-state index is 9.92. The Hall–Kier alpha value is -1.87. The van der Waals surface area contributed by atoms with Crippen molar-refractivity contribution in [3.05, 3.63) is 0 Å². The molecule has 8 N–H and O–H groups in total. The molecule has 0 aliphatic carbocycles. The average molecular weight is 250 g/mol. The second-order valence-electron chi connectivity index (χ2n) is 3.24. The summed E-state index contributed by atoms with van der Waals surface area (Å²) in [4.78, 5) is 20.9. The Morgan fingerprint density at radius 1 is 1.41 bits per heavy atom. The number of hydrogen-bond acceptors (Lipinski definition) is 5. The fourth-order valence-electron chi connectivity index (χ4n) is 0.494. The van der Waals surface area contributed by atoms with Crippen molar-refractivity contribution in [1.29, 1.82) is 5.41 Å². The lowest BCUT2D eigenvalue weighted by atomic mass is 10.2. The lowest BCUT2D eigenvalue weighted by Crippen LogP contribution is -2.39. The lowest BCUT2D eigenvalue weighted by Gasteiger charge is -2.12. The maximum Gasteiger partial charge on any atom is 0.323 e. The quantitative estimate of drug-likeness (QED) is 0.238. The normalized spacial score (nSPS) is 12.7. The first-order valence-electron chi connectivity index (χ1n) is 4.53. The van der Waals surface area contributed by atoms with Crippen LogP contribution in [0.2, 0.25) is 0 Å². The zero-order valence-corrected chi connectivity index (χ0v) is 9.62. The molecule has 0 amide bonds. The van der Waals surface area contributed by atoms with Crippen LogP contribution in [0.3, 0.4) is 0 Å². The molecule has 2 atom stereocenters. The topological polar surface area (TPSA) is 174 Å². The number of aliphatic hydroxyl groups excluding tert-OH is 1. The van der Waals surface area contributed by atoms with E-state index in [-0.39, 0.29) is 12.5 Å². The highest BCUT2D eigenvalue weighted by molar-refractivity contribution is 5.80. The molecular formula is C8H18N4O5. The number of aliphatic carboxylic acids is 2. The van der Waals surface area contributed by atoms with Gasteiger partial charge in [0.2, 0.25) is 0 Å². The van der Waals surface area contributed by atoms with Crippen LogP contribution >= 0.6 is 0 Å². The number of nitrogens with zero attached hydrogens (tertiary/aromatic N) is 1. The molecule has 100 valence electrons.